The van der Waals surface area contributed by atoms with Gasteiger partial charge in [0.05, 0.1) is 12.8 Å². The smallest absolute Gasteiger partial charge is 0.325 e. The fraction of sp³-hybridized carbons (Fsp3) is 0.200. The van der Waals surface area contributed by atoms with Crippen LogP contribution in [0.5, 0.6) is 5.75 Å². The molecule has 0 aromatic heterocycles. The molecule has 0 aliphatic carbocycles. The van der Waals surface area contributed by atoms with Crippen molar-refractivity contribution < 1.29 is 14.3 Å². The lowest BCUT2D eigenvalue weighted by Crippen LogP contribution is -2.35. The lowest BCUT2D eigenvalue weighted by atomic mass is 10.3. The van der Waals surface area contributed by atoms with Gasteiger partial charge in [-0.3, -0.25) is 10.1 Å². The maximum atomic E-state index is 11.4. The maximum Gasteiger partial charge on any atom is 0.325 e. The zero-order chi connectivity index (χ0) is 12.8. The molecule has 0 atom stereocenters. The van der Waals surface area contributed by atoms with E-state index >= 15 is 0 Å². The molecule has 17 heavy (non-hydrogen) atoms. The highest BCUT2D eigenvalue weighted by atomic mass is 79.9. The van der Waals surface area contributed by atoms with E-state index in [1.807, 2.05) is 0 Å². The number of nitrogens with one attached hydrogen (secondary N) is 2. The molecule has 0 bridgehead atoms. The Balaban J connectivity index is 2.73. The van der Waals surface area contributed by atoms with E-state index in [4.69, 9.17) is 16.3 Å². The van der Waals surface area contributed by atoms with Gasteiger partial charge in [-0.1, -0.05) is 0 Å². The topological polar surface area (TPSA) is 67.4 Å². The average Bonchev–Trinajstić information content (AvgIpc) is 2.31. The fourth-order valence-corrected chi connectivity index (χ4v) is 1.45. The number of benzene rings is 1. The first kappa shape index (κ1) is 13.8. The third kappa shape index (κ3) is 4.24. The van der Waals surface area contributed by atoms with Crippen LogP contribution in [0.3, 0.4) is 0 Å². The van der Waals surface area contributed by atoms with Crippen LogP contribution >= 0.6 is 27.5 Å². The van der Waals surface area contributed by atoms with Crippen molar-refractivity contribution in [3.63, 3.8) is 0 Å². The predicted molar refractivity (Wildman–Crippen MR) is 68.6 cm³/mol. The summed E-state index contributed by atoms with van der Waals surface area (Å²) in [6.07, 6.45) is 0. The van der Waals surface area contributed by atoms with E-state index in [2.05, 4.69) is 26.6 Å². The molecule has 0 aliphatic heterocycles. The van der Waals surface area contributed by atoms with E-state index in [0.29, 0.717) is 15.9 Å². The number of amides is 3. The van der Waals surface area contributed by atoms with Crippen LogP contribution in [0.4, 0.5) is 10.5 Å². The molecule has 0 spiro atoms. The van der Waals surface area contributed by atoms with Gasteiger partial charge in [0.25, 0.3) is 0 Å². The van der Waals surface area contributed by atoms with Crippen LogP contribution in [-0.2, 0) is 4.79 Å². The van der Waals surface area contributed by atoms with Gasteiger partial charge in [0.15, 0.2) is 0 Å². The summed E-state index contributed by atoms with van der Waals surface area (Å²) in [5, 5.41) is 4.55. The summed E-state index contributed by atoms with van der Waals surface area (Å²) < 4.78 is 5.69. The quantitative estimate of drug-likeness (QED) is 0.840. The number of hydrogen-bond acceptors (Lipinski definition) is 3. The molecule has 0 radical (unpaired) electrons. The molecule has 0 unspecified atom stereocenters. The molecule has 2 N–H and O–H groups in total. The Morgan fingerprint density at radius 1 is 1.47 bits per heavy atom. The first-order valence-corrected chi connectivity index (χ1v) is 5.90. The molecule has 5 nitrogen and oxygen atoms in total. The van der Waals surface area contributed by atoms with Crippen molar-refractivity contribution in [3.8, 4) is 5.75 Å². The Labute approximate surface area is 112 Å². The first-order chi connectivity index (χ1) is 8.06. The summed E-state index contributed by atoms with van der Waals surface area (Å²) in [4.78, 5) is 22.3. The summed E-state index contributed by atoms with van der Waals surface area (Å²) >= 11 is 8.52. The van der Waals surface area contributed by atoms with Gasteiger partial charge >= 0.3 is 6.03 Å². The minimum absolute atomic E-state index is 0.271. The van der Waals surface area contributed by atoms with Gasteiger partial charge in [0.1, 0.15) is 11.6 Å². The number of halogens is 2. The van der Waals surface area contributed by atoms with Crippen LogP contribution in [0.25, 0.3) is 0 Å². The number of rotatable bonds is 3. The number of urea groups is 1. The van der Waals surface area contributed by atoms with Crippen LogP contribution < -0.4 is 15.4 Å². The first-order valence-electron chi connectivity index (χ1n) is 4.57. The van der Waals surface area contributed by atoms with E-state index in [0.717, 1.165) is 0 Å². The molecular weight excluding hydrogens is 311 g/mol. The van der Waals surface area contributed by atoms with Gasteiger partial charge in [-0.05, 0) is 28.1 Å². The van der Waals surface area contributed by atoms with Crippen LogP contribution in [-0.4, -0.2) is 24.9 Å². The van der Waals surface area contributed by atoms with E-state index in [9.17, 15) is 9.59 Å². The fourth-order valence-electron chi connectivity index (χ4n) is 1.04. The minimum Gasteiger partial charge on any atom is -0.497 e. The van der Waals surface area contributed by atoms with E-state index < -0.39 is 11.9 Å². The largest absolute Gasteiger partial charge is 0.497 e. The average molecular weight is 322 g/mol. The number of carbonyl (C=O) groups is 2. The summed E-state index contributed by atoms with van der Waals surface area (Å²) in [5.41, 5.74) is 0.490. The predicted octanol–water partition coefficient (Wildman–Crippen LogP) is 2.34. The molecule has 0 saturated heterocycles. The summed E-state index contributed by atoms with van der Waals surface area (Å²) in [6, 6.07) is 4.42. The van der Waals surface area contributed by atoms with Crippen molar-refractivity contribution in [2.24, 2.45) is 0 Å². The van der Waals surface area contributed by atoms with Crippen molar-refractivity contribution in [3.05, 3.63) is 22.7 Å². The van der Waals surface area contributed by atoms with Crippen molar-refractivity contribution in [2.45, 2.75) is 0 Å². The second kappa shape index (κ2) is 6.46. The zero-order valence-corrected chi connectivity index (χ0v) is 11.3. The molecule has 0 heterocycles. The van der Waals surface area contributed by atoms with E-state index in [1.54, 1.807) is 18.2 Å². The third-order valence-corrected chi connectivity index (χ3v) is 2.73. The number of alkyl halides is 1. The Bertz CT molecular complexity index is 440. The summed E-state index contributed by atoms with van der Waals surface area (Å²) in [5.74, 6) is -0.248. The highest BCUT2D eigenvalue weighted by Gasteiger charge is 2.09. The number of ether oxygens (including phenoxy) is 1. The SMILES string of the molecule is COc1ccc(Br)c(NC(=O)NC(=O)CCl)c1. The molecule has 0 fully saturated rings. The number of methoxy groups -OCH3 is 1. The molecule has 3 amide bonds. The third-order valence-electron chi connectivity index (χ3n) is 1.80. The standard InChI is InChI=1S/C10H10BrClN2O3/c1-17-6-2-3-7(11)8(4-6)13-10(16)14-9(15)5-12/h2-4H,5H2,1H3,(H2,13,14,15,16). The molecule has 1 aromatic rings. The summed E-state index contributed by atoms with van der Waals surface area (Å²) in [6.45, 7) is 0. The summed E-state index contributed by atoms with van der Waals surface area (Å²) in [7, 11) is 1.52. The number of carbonyl (C=O) groups excluding carboxylic acids is 2. The van der Waals surface area contributed by atoms with Gasteiger partial charge < -0.3 is 10.1 Å². The molecule has 1 aromatic carbocycles. The molecule has 0 saturated carbocycles. The lowest BCUT2D eigenvalue weighted by Gasteiger charge is -2.09. The number of imide groups is 1. The van der Waals surface area contributed by atoms with Crippen molar-refractivity contribution >= 4 is 45.2 Å². The minimum atomic E-state index is -0.649. The number of anilines is 1. The molecule has 1 rings (SSSR count). The Morgan fingerprint density at radius 3 is 2.76 bits per heavy atom. The Morgan fingerprint density at radius 2 is 2.18 bits per heavy atom. The highest BCUT2D eigenvalue weighted by Crippen LogP contribution is 2.26. The second-order valence-electron chi connectivity index (χ2n) is 2.98. The van der Waals surface area contributed by atoms with Crippen LogP contribution in [0.1, 0.15) is 0 Å². The van der Waals surface area contributed by atoms with E-state index in [1.165, 1.54) is 7.11 Å². The Kier molecular flexibility index (Phi) is 5.24. The van der Waals surface area contributed by atoms with Crippen molar-refractivity contribution in [1.82, 2.24) is 5.32 Å². The van der Waals surface area contributed by atoms with Crippen molar-refractivity contribution in [2.75, 3.05) is 18.3 Å². The normalized spacial score (nSPS) is 9.59. The van der Waals surface area contributed by atoms with Gasteiger partial charge in [-0.15, -0.1) is 11.6 Å². The molecule has 7 heteroatoms. The highest BCUT2D eigenvalue weighted by molar-refractivity contribution is 9.10. The molecular formula is C10H10BrClN2O3. The van der Waals surface area contributed by atoms with Crippen LogP contribution in [0, 0.1) is 0 Å². The van der Waals surface area contributed by atoms with Crippen LogP contribution in [0.15, 0.2) is 22.7 Å². The van der Waals surface area contributed by atoms with Gasteiger partial charge in [-0.25, -0.2) is 4.79 Å². The van der Waals surface area contributed by atoms with Gasteiger partial charge in [0, 0.05) is 10.5 Å². The lowest BCUT2D eigenvalue weighted by molar-refractivity contribution is -0.117. The van der Waals surface area contributed by atoms with E-state index in [-0.39, 0.29) is 5.88 Å². The Hall–Kier alpha value is -1.27. The van der Waals surface area contributed by atoms with Crippen LogP contribution in [0.2, 0.25) is 0 Å². The zero-order valence-electron chi connectivity index (χ0n) is 8.92. The van der Waals surface area contributed by atoms with Gasteiger partial charge in [-0.2, -0.15) is 0 Å². The maximum absolute atomic E-state index is 11.4. The van der Waals surface area contributed by atoms with Crippen molar-refractivity contribution in [1.29, 1.82) is 0 Å². The second-order valence-corrected chi connectivity index (χ2v) is 4.10. The molecule has 0 aliphatic rings. The monoisotopic (exact) mass is 320 g/mol. The molecule has 92 valence electrons. The number of hydrogen-bond donors (Lipinski definition) is 2. The van der Waals surface area contributed by atoms with Gasteiger partial charge in [0.2, 0.25) is 5.91 Å².